The number of amides is 2. The molecule has 1 aliphatic heterocycles. The highest BCUT2D eigenvalue weighted by molar-refractivity contribution is 7.10. The van der Waals surface area contributed by atoms with Crippen molar-refractivity contribution in [3.8, 4) is 0 Å². The molecular formula is C24H25N3O2S. The second kappa shape index (κ2) is 8.79. The number of carbonyl (C=O) groups excluding carboxylic acids is 2. The average molecular weight is 420 g/mol. The summed E-state index contributed by atoms with van der Waals surface area (Å²) in [7, 11) is 0. The van der Waals surface area contributed by atoms with Crippen LogP contribution in [0.1, 0.15) is 52.3 Å². The normalized spacial score (nSPS) is 18.4. The van der Waals surface area contributed by atoms with Crippen molar-refractivity contribution in [1.29, 1.82) is 0 Å². The molecule has 154 valence electrons. The number of nitrogens with one attached hydrogen (secondary N) is 1. The smallest absolute Gasteiger partial charge is 0.254 e. The third-order valence-corrected chi connectivity index (χ3v) is 6.23. The minimum absolute atomic E-state index is 0.00789. The summed E-state index contributed by atoms with van der Waals surface area (Å²) in [5.41, 5.74) is 2.21. The van der Waals surface area contributed by atoms with Crippen LogP contribution in [-0.2, 0) is 11.3 Å². The van der Waals surface area contributed by atoms with Gasteiger partial charge >= 0.3 is 0 Å². The van der Waals surface area contributed by atoms with Crippen molar-refractivity contribution in [2.24, 2.45) is 5.92 Å². The number of rotatable bonds is 6. The Labute approximate surface area is 180 Å². The zero-order valence-corrected chi connectivity index (χ0v) is 17.9. The van der Waals surface area contributed by atoms with Crippen molar-refractivity contribution in [3.63, 3.8) is 0 Å². The Bertz CT molecular complexity index is 1020. The van der Waals surface area contributed by atoms with E-state index in [0.717, 1.165) is 16.1 Å². The van der Waals surface area contributed by atoms with E-state index in [1.165, 1.54) is 0 Å². The first-order valence-corrected chi connectivity index (χ1v) is 11.0. The number of benzene rings is 1. The highest BCUT2D eigenvalue weighted by Crippen LogP contribution is 2.44. The third kappa shape index (κ3) is 4.00. The number of hydrogen-bond acceptors (Lipinski definition) is 4. The summed E-state index contributed by atoms with van der Waals surface area (Å²) >= 11 is 1.59. The summed E-state index contributed by atoms with van der Waals surface area (Å²) in [6.45, 7) is 5.14. The molecule has 30 heavy (non-hydrogen) atoms. The van der Waals surface area contributed by atoms with Crippen LogP contribution in [0.3, 0.4) is 0 Å². The first-order valence-electron chi connectivity index (χ1n) is 10.2. The molecule has 2 amide bonds. The monoisotopic (exact) mass is 419 g/mol. The van der Waals surface area contributed by atoms with Gasteiger partial charge in [-0.15, -0.1) is 11.3 Å². The van der Waals surface area contributed by atoms with Crippen molar-refractivity contribution < 1.29 is 9.59 Å². The van der Waals surface area contributed by atoms with Gasteiger partial charge in [-0.05, 0) is 41.1 Å². The Kier molecular flexibility index (Phi) is 5.95. The van der Waals surface area contributed by atoms with E-state index in [1.807, 2.05) is 64.9 Å². The molecule has 0 aliphatic carbocycles. The first kappa shape index (κ1) is 20.3. The molecule has 0 fully saturated rings. The Hall–Kier alpha value is -2.99. The van der Waals surface area contributed by atoms with E-state index in [4.69, 9.17) is 0 Å². The van der Waals surface area contributed by atoms with Gasteiger partial charge in [-0.2, -0.15) is 0 Å². The fourth-order valence-electron chi connectivity index (χ4n) is 4.04. The molecule has 6 heteroatoms. The van der Waals surface area contributed by atoms with Crippen molar-refractivity contribution in [2.45, 2.75) is 32.4 Å². The molecule has 2 atom stereocenters. The van der Waals surface area contributed by atoms with Crippen LogP contribution in [0.25, 0.3) is 0 Å². The van der Waals surface area contributed by atoms with Gasteiger partial charge in [0.15, 0.2) is 0 Å². The van der Waals surface area contributed by atoms with Crippen LogP contribution in [0.15, 0.2) is 66.2 Å². The van der Waals surface area contributed by atoms with E-state index in [-0.39, 0.29) is 17.9 Å². The molecule has 0 saturated carbocycles. The molecule has 0 unspecified atom stereocenters. The predicted octanol–water partition coefficient (Wildman–Crippen LogP) is 4.40. The number of pyridine rings is 1. The van der Waals surface area contributed by atoms with Gasteiger partial charge in [-0.3, -0.25) is 14.6 Å². The molecule has 4 rings (SSSR count). The average Bonchev–Trinajstić information content (AvgIpc) is 3.29. The lowest BCUT2D eigenvalue weighted by molar-refractivity contribution is -0.124. The Morgan fingerprint density at radius 3 is 2.63 bits per heavy atom. The third-order valence-electron chi connectivity index (χ3n) is 5.29. The Morgan fingerprint density at radius 2 is 1.93 bits per heavy atom. The fraction of sp³-hybridized carbons (Fsp3) is 0.292. The first-order chi connectivity index (χ1) is 14.6. The van der Waals surface area contributed by atoms with Gasteiger partial charge in [0.2, 0.25) is 5.91 Å². The van der Waals surface area contributed by atoms with E-state index in [1.54, 1.807) is 17.5 Å². The van der Waals surface area contributed by atoms with E-state index in [9.17, 15) is 9.59 Å². The van der Waals surface area contributed by atoms with E-state index >= 15 is 0 Å². The molecule has 3 heterocycles. The van der Waals surface area contributed by atoms with Crippen molar-refractivity contribution in [3.05, 3.63) is 87.9 Å². The molecule has 1 aromatic carbocycles. The van der Waals surface area contributed by atoms with Gasteiger partial charge in [0.05, 0.1) is 24.2 Å². The van der Waals surface area contributed by atoms with Crippen molar-refractivity contribution in [2.75, 3.05) is 6.54 Å². The van der Waals surface area contributed by atoms with Gasteiger partial charge in [0, 0.05) is 23.2 Å². The molecule has 0 bridgehead atoms. The van der Waals surface area contributed by atoms with Crippen LogP contribution in [0.5, 0.6) is 0 Å². The van der Waals surface area contributed by atoms with Crippen molar-refractivity contribution >= 4 is 23.2 Å². The van der Waals surface area contributed by atoms with Crippen molar-refractivity contribution in [1.82, 2.24) is 15.2 Å². The molecule has 3 aromatic rings. The van der Waals surface area contributed by atoms with E-state index < -0.39 is 5.92 Å². The summed E-state index contributed by atoms with van der Waals surface area (Å²) in [5.74, 6) is -0.279. The second-order valence-electron chi connectivity index (χ2n) is 7.92. The van der Waals surface area contributed by atoms with Crippen LogP contribution >= 0.6 is 11.3 Å². The van der Waals surface area contributed by atoms with Gasteiger partial charge < -0.3 is 10.2 Å². The zero-order valence-electron chi connectivity index (χ0n) is 17.1. The molecule has 5 nitrogen and oxygen atoms in total. The Balaban J connectivity index is 1.74. The summed E-state index contributed by atoms with van der Waals surface area (Å²) in [6, 6.07) is 16.8. The largest absolute Gasteiger partial charge is 0.350 e. The van der Waals surface area contributed by atoms with Gasteiger partial charge in [0.1, 0.15) is 0 Å². The number of fused-ring (bicyclic) bond motifs is 1. The summed E-state index contributed by atoms with van der Waals surface area (Å²) in [6.07, 6.45) is 1.72. The molecule has 1 N–H and O–H groups in total. The molecule has 0 radical (unpaired) electrons. The number of carbonyl (C=O) groups is 2. The SMILES string of the molecule is CC(C)CN1C(=O)c2ccccc2[C@H](C(=O)NCc2ccccn2)[C@H]1c1cccs1. The highest BCUT2D eigenvalue weighted by Gasteiger charge is 2.44. The maximum Gasteiger partial charge on any atom is 0.254 e. The highest BCUT2D eigenvalue weighted by atomic mass is 32.1. The minimum atomic E-state index is -0.472. The Morgan fingerprint density at radius 1 is 1.13 bits per heavy atom. The predicted molar refractivity (Wildman–Crippen MR) is 118 cm³/mol. The molecule has 2 aromatic heterocycles. The lowest BCUT2D eigenvalue weighted by Gasteiger charge is -2.42. The minimum Gasteiger partial charge on any atom is -0.350 e. The lowest BCUT2D eigenvalue weighted by atomic mass is 9.81. The number of aromatic nitrogens is 1. The molecule has 0 saturated heterocycles. The maximum atomic E-state index is 13.5. The second-order valence-corrected chi connectivity index (χ2v) is 8.89. The van der Waals surface area contributed by atoms with E-state index in [0.29, 0.717) is 24.6 Å². The van der Waals surface area contributed by atoms with Gasteiger partial charge in [-0.25, -0.2) is 0 Å². The summed E-state index contributed by atoms with van der Waals surface area (Å²) < 4.78 is 0. The molecule has 0 spiro atoms. The topological polar surface area (TPSA) is 62.3 Å². The van der Waals surface area contributed by atoms with E-state index in [2.05, 4.69) is 24.1 Å². The fourth-order valence-corrected chi connectivity index (χ4v) is 4.91. The molecule has 1 aliphatic rings. The maximum absolute atomic E-state index is 13.5. The number of thiophene rings is 1. The van der Waals surface area contributed by atoms with Gasteiger partial charge in [0.25, 0.3) is 5.91 Å². The standard InChI is InChI=1S/C24H25N3O2S/c1-16(2)15-27-22(20-11-7-13-30-20)21(18-9-3-4-10-19(18)24(27)29)23(28)26-14-17-8-5-6-12-25-17/h3-13,16,21-22H,14-15H2,1-2H3,(H,26,28)/t21-,22+/m0/s1. The number of nitrogens with zero attached hydrogens (tertiary/aromatic N) is 2. The summed E-state index contributed by atoms with van der Waals surface area (Å²) in [4.78, 5) is 34.1. The lowest BCUT2D eigenvalue weighted by Crippen LogP contribution is -2.48. The molecular weight excluding hydrogens is 394 g/mol. The van der Waals surface area contributed by atoms with Crippen LogP contribution in [0.4, 0.5) is 0 Å². The number of hydrogen-bond donors (Lipinski definition) is 1. The summed E-state index contributed by atoms with van der Waals surface area (Å²) in [5, 5.41) is 5.05. The van der Waals surface area contributed by atoms with Crippen LogP contribution in [0, 0.1) is 5.92 Å². The van der Waals surface area contributed by atoms with Crippen LogP contribution < -0.4 is 5.32 Å². The quantitative estimate of drug-likeness (QED) is 0.644. The van der Waals surface area contributed by atoms with Gasteiger partial charge in [-0.1, -0.05) is 44.2 Å². The van der Waals surface area contributed by atoms with Crippen LogP contribution in [-0.4, -0.2) is 28.2 Å². The zero-order chi connectivity index (χ0) is 21.1. The van der Waals surface area contributed by atoms with Crippen LogP contribution in [0.2, 0.25) is 0 Å².